The Labute approximate surface area is 260 Å². The molecule has 0 aliphatic rings. The van der Waals surface area contributed by atoms with Crippen molar-refractivity contribution in [3.05, 3.63) is 131 Å². The van der Waals surface area contributed by atoms with E-state index in [4.69, 9.17) is 0 Å². The number of carbonyl (C=O) groups is 2. The van der Waals surface area contributed by atoms with Gasteiger partial charge in [0.1, 0.15) is 18.4 Å². The minimum atomic E-state index is -4.29. The van der Waals surface area contributed by atoms with Gasteiger partial charge >= 0.3 is 0 Å². The standard InChI is InChI=1S/C33H33BrFN3O4S/c1-24(2)36-33(40)31(21-25-9-5-3-6-10-25)37(22-26-13-15-27(34)16-14-26)32(39)23-38(29-11-7-4-8-12-29)43(41,42)30-19-17-28(35)18-20-30/h3-20,24,31H,21-23H2,1-2H3,(H,36,40)/t31-/m0/s1. The smallest absolute Gasteiger partial charge is 0.264 e. The molecule has 224 valence electrons. The van der Waals surface area contributed by atoms with Gasteiger partial charge in [0, 0.05) is 23.5 Å². The highest BCUT2D eigenvalue weighted by atomic mass is 79.9. The van der Waals surface area contributed by atoms with Crippen LogP contribution < -0.4 is 9.62 Å². The van der Waals surface area contributed by atoms with Gasteiger partial charge in [-0.25, -0.2) is 12.8 Å². The van der Waals surface area contributed by atoms with E-state index in [1.807, 2.05) is 68.4 Å². The van der Waals surface area contributed by atoms with Gasteiger partial charge in [0.05, 0.1) is 10.6 Å². The second-order valence-electron chi connectivity index (χ2n) is 10.3. The highest BCUT2D eigenvalue weighted by Gasteiger charge is 2.34. The number of amides is 2. The van der Waals surface area contributed by atoms with Gasteiger partial charge < -0.3 is 10.2 Å². The van der Waals surface area contributed by atoms with E-state index < -0.39 is 34.3 Å². The summed E-state index contributed by atoms with van der Waals surface area (Å²) in [6, 6.07) is 28.3. The fourth-order valence-corrected chi connectivity index (χ4v) is 6.26. The number of nitrogens with zero attached hydrogens (tertiary/aromatic N) is 2. The zero-order chi connectivity index (χ0) is 31.0. The van der Waals surface area contributed by atoms with Crippen molar-refractivity contribution in [2.45, 2.75) is 43.8 Å². The molecule has 4 aromatic carbocycles. The fourth-order valence-electron chi connectivity index (χ4n) is 4.58. The number of halogens is 2. The van der Waals surface area contributed by atoms with Crippen LogP contribution in [0.4, 0.5) is 10.1 Å². The molecule has 2 amide bonds. The summed E-state index contributed by atoms with van der Waals surface area (Å²) < 4.78 is 43.3. The summed E-state index contributed by atoms with van der Waals surface area (Å²) in [5.74, 6) is -1.50. The molecule has 7 nitrogen and oxygen atoms in total. The molecule has 0 unspecified atom stereocenters. The van der Waals surface area contributed by atoms with Crippen LogP contribution in [0.3, 0.4) is 0 Å². The summed E-state index contributed by atoms with van der Waals surface area (Å²) in [7, 11) is -4.29. The molecule has 0 fully saturated rings. The maximum absolute atomic E-state index is 14.3. The van der Waals surface area contributed by atoms with Crippen molar-refractivity contribution >= 4 is 43.5 Å². The number of nitrogens with one attached hydrogen (secondary N) is 1. The molecule has 0 bridgehead atoms. The summed E-state index contributed by atoms with van der Waals surface area (Å²) in [4.78, 5) is 29.3. The van der Waals surface area contributed by atoms with E-state index in [1.54, 1.807) is 30.3 Å². The molecule has 4 rings (SSSR count). The van der Waals surface area contributed by atoms with Crippen molar-refractivity contribution in [3.8, 4) is 0 Å². The van der Waals surface area contributed by atoms with E-state index in [0.29, 0.717) is 0 Å². The van der Waals surface area contributed by atoms with Crippen molar-refractivity contribution in [1.82, 2.24) is 10.2 Å². The Morgan fingerprint density at radius 3 is 1.98 bits per heavy atom. The number of sulfonamides is 1. The average Bonchev–Trinajstić information content (AvgIpc) is 2.99. The number of rotatable bonds is 12. The van der Waals surface area contributed by atoms with Gasteiger partial charge in [0.15, 0.2) is 0 Å². The van der Waals surface area contributed by atoms with Crippen LogP contribution in [0.25, 0.3) is 0 Å². The molecule has 0 saturated heterocycles. The molecule has 0 aliphatic heterocycles. The predicted octanol–water partition coefficient (Wildman–Crippen LogP) is 5.95. The third-order valence-electron chi connectivity index (χ3n) is 6.69. The van der Waals surface area contributed by atoms with Crippen LogP contribution in [0.1, 0.15) is 25.0 Å². The molecule has 0 aliphatic carbocycles. The maximum Gasteiger partial charge on any atom is 0.264 e. The first kappa shape index (κ1) is 31.9. The van der Waals surface area contributed by atoms with Crippen LogP contribution in [0.5, 0.6) is 0 Å². The maximum atomic E-state index is 14.3. The highest BCUT2D eigenvalue weighted by Crippen LogP contribution is 2.25. The second kappa shape index (κ2) is 14.4. The summed E-state index contributed by atoms with van der Waals surface area (Å²) >= 11 is 3.43. The van der Waals surface area contributed by atoms with Gasteiger partial charge in [-0.3, -0.25) is 13.9 Å². The number of carbonyl (C=O) groups excluding carboxylic acids is 2. The lowest BCUT2D eigenvalue weighted by Gasteiger charge is -2.34. The summed E-state index contributed by atoms with van der Waals surface area (Å²) in [6.45, 7) is 3.16. The van der Waals surface area contributed by atoms with Gasteiger partial charge in [-0.1, -0.05) is 76.6 Å². The van der Waals surface area contributed by atoms with E-state index >= 15 is 0 Å². The number of hydrogen-bond acceptors (Lipinski definition) is 4. The Morgan fingerprint density at radius 1 is 0.814 bits per heavy atom. The Morgan fingerprint density at radius 2 is 1.40 bits per heavy atom. The van der Waals surface area contributed by atoms with E-state index in [2.05, 4.69) is 21.2 Å². The molecule has 0 saturated carbocycles. The van der Waals surface area contributed by atoms with Gasteiger partial charge in [0.25, 0.3) is 10.0 Å². The fraction of sp³-hybridized carbons (Fsp3) is 0.212. The van der Waals surface area contributed by atoms with Crippen molar-refractivity contribution in [1.29, 1.82) is 0 Å². The first-order valence-corrected chi connectivity index (χ1v) is 16.0. The summed E-state index contributed by atoms with van der Waals surface area (Å²) in [5.41, 5.74) is 1.87. The van der Waals surface area contributed by atoms with Gasteiger partial charge in [-0.05, 0) is 73.5 Å². The average molecular weight is 667 g/mol. The molecule has 0 heterocycles. The molecule has 0 spiro atoms. The zero-order valence-corrected chi connectivity index (χ0v) is 26.3. The van der Waals surface area contributed by atoms with Crippen LogP contribution in [0.2, 0.25) is 0 Å². The quantitative estimate of drug-likeness (QED) is 0.203. The van der Waals surface area contributed by atoms with Crippen molar-refractivity contribution < 1.29 is 22.4 Å². The minimum absolute atomic E-state index is 0.0638. The minimum Gasteiger partial charge on any atom is -0.352 e. The molecule has 0 aromatic heterocycles. The zero-order valence-electron chi connectivity index (χ0n) is 23.9. The van der Waals surface area contributed by atoms with Gasteiger partial charge in [-0.2, -0.15) is 0 Å². The third kappa shape index (κ3) is 8.52. The summed E-state index contributed by atoms with van der Waals surface area (Å²) in [6.07, 6.45) is 0.220. The first-order chi connectivity index (χ1) is 20.5. The van der Waals surface area contributed by atoms with Crippen molar-refractivity contribution in [2.24, 2.45) is 0 Å². The van der Waals surface area contributed by atoms with Crippen molar-refractivity contribution in [3.63, 3.8) is 0 Å². The summed E-state index contributed by atoms with van der Waals surface area (Å²) in [5, 5.41) is 2.93. The molecule has 0 radical (unpaired) electrons. The van der Waals surface area contributed by atoms with Gasteiger partial charge in [0.2, 0.25) is 11.8 Å². The van der Waals surface area contributed by atoms with Crippen LogP contribution >= 0.6 is 15.9 Å². The molecule has 10 heteroatoms. The molecule has 1 atom stereocenters. The van der Waals surface area contributed by atoms with E-state index in [1.165, 1.54) is 17.0 Å². The largest absolute Gasteiger partial charge is 0.352 e. The van der Waals surface area contributed by atoms with E-state index in [0.717, 1.165) is 32.0 Å². The first-order valence-electron chi connectivity index (χ1n) is 13.8. The van der Waals surface area contributed by atoms with Crippen LogP contribution in [-0.2, 0) is 32.6 Å². The molecule has 43 heavy (non-hydrogen) atoms. The lowest BCUT2D eigenvalue weighted by molar-refractivity contribution is -0.140. The number of hydrogen-bond donors (Lipinski definition) is 1. The number of para-hydroxylation sites is 1. The van der Waals surface area contributed by atoms with E-state index in [-0.39, 0.29) is 35.5 Å². The Hall–Kier alpha value is -4.02. The number of anilines is 1. The topological polar surface area (TPSA) is 86.8 Å². The second-order valence-corrected chi connectivity index (χ2v) is 13.1. The normalized spacial score (nSPS) is 12.0. The number of benzene rings is 4. The van der Waals surface area contributed by atoms with Crippen LogP contribution in [0.15, 0.2) is 119 Å². The van der Waals surface area contributed by atoms with Crippen LogP contribution in [-0.4, -0.2) is 43.8 Å². The SMILES string of the molecule is CC(C)NC(=O)[C@H](Cc1ccccc1)N(Cc1ccc(Br)cc1)C(=O)CN(c1ccccc1)S(=O)(=O)c1ccc(F)cc1. The molecule has 1 N–H and O–H groups in total. The van der Waals surface area contributed by atoms with Crippen LogP contribution in [0, 0.1) is 5.82 Å². The lowest BCUT2D eigenvalue weighted by atomic mass is 10.0. The Kier molecular flexibility index (Phi) is 10.7. The Balaban J connectivity index is 1.78. The van der Waals surface area contributed by atoms with Crippen molar-refractivity contribution in [2.75, 3.05) is 10.8 Å². The third-order valence-corrected chi connectivity index (χ3v) is 9.01. The monoisotopic (exact) mass is 665 g/mol. The molecular weight excluding hydrogens is 633 g/mol. The lowest BCUT2D eigenvalue weighted by Crippen LogP contribution is -2.54. The molecule has 4 aromatic rings. The van der Waals surface area contributed by atoms with E-state index in [9.17, 15) is 22.4 Å². The van der Waals surface area contributed by atoms with Gasteiger partial charge in [-0.15, -0.1) is 0 Å². The predicted molar refractivity (Wildman–Crippen MR) is 169 cm³/mol. The molecular formula is C33H33BrFN3O4S. The Bertz CT molecular complexity index is 1620. The highest BCUT2D eigenvalue weighted by molar-refractivity contribution is 9.10.